The standard InChI is InChI=1S/C22H19F2N5O.C2H2/c1-3-14(2)6-4-9-19-27-20(30-28-19)13-29-11-10-17-18(12-29)26-22(25-17)15-7-5-8-16(23)21(15)24;1-2/h3-8,10-12H,9,13H2,1-2H3;1-2H/b6-4-,14-3-;. The van der Waals surface area contributed by atoms with Crippen molar-refractivity contribution in [3.8, 4) is 35.6 Å². The number of benzene rings is 1. The molecule has 2 aliphatic heterocycles. The summed E-state index contributed by atoms with van der Waals surface area (Å²) in [5, 5.41) is 3.98. The van der Waals surface area contributed by atoms with Crippen LogP contribution in [0.5, 0.6) is 0 Å². The maximum absolute atomic E-state index is 14.0. The highest BCUT2D eigenvalue weighted by Crippen LogP contribution is 2.27. The predicted octanol–water partition coefficient (Wildman–Crippen LogP) is 5.07. The lowest BCUT2D eigenvalue weighted by molar-refractivity contribution is 0.366. The van der Waals surface area contributed by atoms with E-state index < -0.39 is 11.6 Å². The molecule has 1 aromatic carbocycles. The summed E-state index contributed by atoms with van der Waals surface area (Å²) < 4.78 is 34.7. The molecule has 0 radical (unpaired) electrons. The molecule has 0 saturated heterocycles. The fraction of sp³-hybridized carbons (Fsp3) is 0.167. The molecule has 4 rings (SSSR count). The van der Waals surface area contributed by atoms with Crippen molar-refractivity contribution in [1.29, 1.82) is 0 Å². The van der Waals surface area contributed by atoms with E-state index >= 15 is 0 Å². The van der Waals surface area contributed by atoms with Crippen LogP contribution >= 0.6 is 0 Å². The average Bonchev–Trinajstić information content (AvgIpc) is 3.43. The van der Waals surface area contributed by atoms with Crippen LogP contribution in [0.4, 0.5) is 8.78 Å². The number of allylic oxidation sites excluding steroid dienone is 4. The van der Waals surface area contributed by atoms with Gasteiger partial charge in [-0.1, -0.05) is 35.0 Å². The normalized spacial score (nSPS) is 11.6. The van der Waals surface area contributed by atoms with Crippen LogP contribution in [0.25, 0.3) is 22.8 Å². The van der Waals surface area contributed by atoms with Gasteiger partial charge < -0.3 is 9.09 Å². The highest BCUT2D eigenvalue weighted by molar-refractivity contribution is 5.66. The molecule has 2 aliphatic rings. The van der Waals surface area contributed by atoms with Crippen molar-refractivity contribution in [2.45, 2.75) is 26.8 Å². The number of rotatable bonds is 6. The van der Waals surface area contributed by atoms with Gasteiger partial charge in [-0.15, -0.1) is 12.8 Å². The number of hydrogen-bond donors (Lipinski definition) is 0. The highest BCUT2D eigenvalue weighted by Gasteiger charge is 2.18. The summed E-state index contributed by atoms with van der Waals surface area (Å²) in [5.74, 6) is -0.690. The molecule has 0 unspecified atom stereocenters. The molecule has 0 bridgehead atoms. The second kappa shape index (κ2) is 10.3. The van der Waals surface area contributed by atoms with Crippen molar-refractivity contribution in [3.63, 3.8) is 0 Å². The molecule has 0 amide bonds. The van der Waals surface area contributed by atoms with Gasteiger partial charge in [0.15, 0.2) is 23.3 Å². The quantitative estimate of drug-likeness (QED) is 0.314. The van der Waals surface area contributed by atoms with Crippen molar-refractivity contribution in [2.75, 3.05) is 0 Å². The molecule has 32 heavy (non-hydrogen) atoms. The Labute approximate surface area is 184 Å². The number of pyridine rings is 1. The predicted molar refractivity (Wildman–Crippen MR) is 118 cm³/mol. The molecule has 2 aromatic rings. The van der Waals surface area contributed by atoms with E-state index in [1.165, 1.54) is 12.1 Å². The Hall–Kier alpha value is -4.12. The van der Waals surface area contributed by atoms with E-state index in [1.54, 1.807) is 18.5 Å². The Morgan fingerprint density at radius 3 is 2.69 bits per heavy atom. The van der Waals surface area contributed by atoms with E-state index in [9.17, 15) is 8.78 Å². The molecule has 0 fully saturated rings. The Morgan fingerprint density at radius 1 is 1.12 bits per heavy atom. The summed E-state index contributed by atoms with van der Waals surface area (Å²) in [7, 11) is 0. The third-order valence-electron chi connectivity index (χ3n) is 4.58. The zero-order valence-electron chi connectivity index (χ0n) is 17.7. The van der Waals surface area contributed by atoms with Crippen LogP contribution in [-0.2, 0) is 13.0 Å². The fourth-order valence-electron chi connectivity index (χ4n) is 2.89. The number of hydrogen-bond acceptors (Lipinski definition) is 5. The summed E-state index contributed by atoms with van der Waals surface area (Å²) >= 11 is 0. The summed E-state index contributed by atoms with van der Waals surface area (Å²) in [6.45, 7) is 4.36. The number of terminal acetylenes is 1. The van der Waals surface area contributed by atoms with E-state index in [4.69, 9.17) is 4.52 Å². The number of fused-ring (bicyclic) bond motifs is 1. The number of imidazole rings is 1. The molecule has 8 heteroatoms. The van der Waals surface area contributed by atoms with Crippen molar-refractivity contribution < 1.29 is 13.3 Å². The summed E-state index contributed by atoms with van der Waals surface area (Å²) in [5.41, 5.74) is 2.33. The number of aromatic nitrogens is 5. The lowest BCUT2D eigenvalue weighted by atomic mass is 10.2. The SMILES string of the molecule is C#C.C/C=C(C)\C=C/Cc1noc(Cn2ccc3nc(-c4cccc(F)c4F)nc-3c2)n1. The lowest BCUT2D eigenvalue weighted by Crippen LogP contribution is -2.01. The van der Waals surface area contributed by atoms with Crippen LogP contribution in [-0.4, -0.2) is 24.7 Å². The van der Waals surface area contributed by atoms with Gasteiger partial charge in [0.1, 0.15) is 12.2 Å². The Kier molecular flexibility index (Phi) is 7.24. The highest BCUT2D eigenvalue weighted by atomic mass is 19.2. The molecule has 0 spiro atoms. The van der Waals surface area contributed by atoms with Crippen LogP contribution in [0.2, 0.25) is 0 Å². The minimum Gasteiger partial charge on any atom is -0.343 e. The molecule has 1 aromatic heterocycles. The van der Waals surface area contributed by atoms with Gasteiger partial charge in [0.05, 0.1) is 11.3 Å². The summed E-state index contributed by atoms with van der Waals surface area (Å²) in [6, 6.07) is 5.69. The van der Waals surface area contributed by atoms with Gasteiger partial charge in [-0.25, -0.2) is 18.7 Å². The lowest BCUT2D eigenvalue weighted by Gasteiger charge is -2.04. The molecule has 6 nitrogen and oxygen atoms in total. The van der Waals surface area contributed by atoms with E-state index in [0.29, 0.717) is 36.1 Å². The van der Waals surface area contributed by atoms with Crippen molar-refractivity contribution >= 4 is 0 Å². The first-order valence-electron chi connectivity index (χ1n) is 9.75. The van der Waals surface area contributed by atoms with Crippen LogP contribution < -0.4 is 0 Å². The molecule has 0 saturated carbocycles. The summed E-state index contributed by atoms with van der Waals surface area (Å²) in [6.07, 6.45) is 18.1. The fourth-order valence-corrected chi connectivity index (χ4v) is 2.89. The third-order valence-corrected chi connectivity index (χ3v) is 4.58. The number of halogens is 2. The molecule has 0 atom stereocenters. The van der Waals surface area contributed by atoms with Crippen LogP contribution in [0.15, 0.2) is 65.0 Å². The molecule has 0 aliphatic carbocycles. The molecule has 162 valence electrons. The largest absolute Gasteiger partial charge is 0.343 e. The van der Waals surface area contributed by atoms with Gasteiger partial charge in [0.25, 0.3) is 0 Å². The topological polar surface area (TPSA) is 69.6 Å². The Bertz CT molecular complexity index is 1250. The second-order valence-corrected chi connectivity index (χ2v) is 6.78. The second-order valence-electron chi connectivity index (χ2n) is 6.78. The molecular weight excluding hydrogens is 412 g/mol. The number of nitrogens with zero attached hydrogens (tertiary/aromatic N) is 5. The average molecular weight is 433 g/mol. The smallest absolute Gasteiger partial charge is 0.246 e. The van der Waals surface area contributed by atoms with E-state index in [0.717, 1.165) is 11.6 Å². The van der Waals surface area contributed by atoms with Gasteiger partial charge in [0, 0.05) is 18.8 Å². The zero-order chi connectivity index (χ0) is 23.1. The third kappa shape index (κ3) is 5.13. The first-order valence-corrected chi connectivity index (χ1v) is 9.75. The van der Waals surface area contributed by atoms with Gasteiger partial charge in [-0.3, -0.25) is 0 Å². The molecule has 3 heterocycles. The first-order chi connectivity index (χ1) is 15.5. The molecule has 0 N–H and O–H groups in total. The monoisotopic (exact) mass is 433 g/mol. The minimum absolute atomic E-state index is 0.0282. The van der Waals surface area contributed by atoms with Crippen LogP contribution in [0.3, 0.4) is 0 Å². The molecular formula is C24H21F2N5O. The van der Waals surface area contributed by atoms with Crippen molar-refractivity contribution in [2.24, 2.45) is 0 Å². The summed E-state index contributed by atoms with van der Waals surface area (Å²) in [4.78, 5) is 13.0. The van der Waals surface area contributed by atoms with Crippen molar-refractivity contribution in [3.05, 3.63) is 83.8 Å². The van der Waals surface area contributed by atoms with Gasteiger partial charge in [-0.05, 0) is 32.0 Å². The van der Waals surface area contributed by atoms with Gasteiger partial charge in [0.2, 0.25) is 5.89 Å². The minimum atomic E-state index is -0.960. The van der Waals surface area contributed by atoms with Crippen molar-refractivity contribution in [1.82, 2.24) is 24.7 Å². The Balaban J connectivity index is 0.00000141. The van der Waals surface area contributed by atoms with Crippen LogP contribution in [0, 0.1) is 24.5 Å². The van der Waals surface area contributed by atoms with Gasteiger partial charge >= 0.3 is 0 Å². The Morgan fingerprint density at radius 2 is 1.91 bits per heavy atom. The van der Waals surface area contributed by atoms with E-state index in [1.807, 2.05) is 36.6 Å². The van der Waals surface area contributed by atoms with E-state index in [2.05, 4.69) is 33.0 Å². The van der Waals surface area contributed by atoms with Crippen LogP contribution in [0.1, 0.15) is 25.6 Å². The maximum atomic E-state index is 14.0. The van der Waals surface area contributed by atoms with Gasteiger partial charge in [-0.2, -0.15) is 4.98 Å². The maximum Gasteiger partial charge on any atom is 0.246 e. The van der Waals surface area contributed by atoms with E-state index in [-0.39, 0.29) is 11.4 Å². The first kappa shape index (κ1) is 22.6. The zero-order valence-corrected chi connectivity index (χ0v) is 17.7.